The second kappa shape index (κ2) is 8.81. The molecule has 0 atom stereocenters. The summed E-state index contributed by atoms with van der Waals surface area (Å²) in [6.07, 6.45) is 0. The fourth-order valence-corrected chi connectivity index (χ4v) is 2.83. The molecule has 6 heteroatoms. The van der Waals surface area contributed by atoms with Crippen molar-refractivity contribution >= 4 is 46.2 Å². The van der Waals surface area contributed by atoms with E-state index in [1.807, 2.05) is 24.3 Å². The lowest BCUT2D eigenvalue weighted by Gasteiger charge is -2.21. The summed E-state index contributed by atoms with van der Waals surface area (Å²) in [4.78, 5) is 14.3. The molecule has 0 aliphatic carbocycles. The maximum Gasteiger partial charge on any atom is 0.243 e. The van der Waals surface area contributed by atoms with Crippen LogP contribution in [0.5, 0.6) is 0 Å². The lowest BCUT2D eigenvalue weighted by atomic mass is 10.2. The fraction of sp³-hybridized carbons (Fsp3) is 0.278. The standard InChI is InChI=1S/C18H21Cl2N3O/c1-3-23(4-2)15-8-6-14(7-9-15)22-18(24)12-21-17-10-5-13(19)11-16(17)20/h5-11,21H,3-4,12H2,1-2H3,(H,22,24). The predicted octanol–water partition coefficient (Wildman–Crippen LogP) is 4.89. The lowest BCUT2D eigenvalue weighted by molar-refractivity contribution is -0.114. The molecule has 0 aromatic heterocycles. The van der Waals surface area contributed by atoms with Crippen LogP contribution in [0.15, 0.2) is 42.5 Å². The third kappa shape index (κ3) is 5.05. The smallest absolute Gasteiger partial charge is 0.243 e. The Morgan fingerprint density at radius 3 is 2.29 bits per heavy atom. The van der Waals surface area contributed by atoms with Crippen molar-refractivity contribution in [1.29, 1.82) is 0 Å². The number of hydrogen-bond donors (Lipinski definition) is 2. The largest absolute Gasteiger partial charge is 0.375 e. The van der Waals surface area contributed by atoms with Gasteiger partial charge in [-0.25, -0.2) is 0 Å². The number of amides is 1. The highest BCUT2D eigenvalue weighted by molar-refractivity contribution is 6.36. The quantitative estimate of drug-likeness (QED) is 0.733. The van der Waals surface area contributed by atoms with Crippen molar-refractivity contribution in [2.75, 3.05) is 35.2 Å². The molecule has 0 saturated heterocycles. The van der Waals surface area contributed by atoms with Crippen LogP contribution < -0.4 is 15.5 Å². The van der Waals surface area contributed by atoms with Crippen molar-refractivity contribution in [1.82, 2.24) is 0 Å². The molecule has 1 amide bonds. The van der Waals surface area contributed by atoms with Gasteiger partial charge in [-0.1, -0.05) is 23.2 Å². The van der Waals surface area contributed by atoms with Crippen LogP contribution in [-0.2, 0) is 4.79 Å². The first-order valence-corrected chi connectivity index (χ1v) is 8.62. The summed E-state index contributed by atoms with van der Waals surface area (Å²) in [6.45, 7) is 6.26. The van der Waals surface area contributed by atoms with Gasteiger partial charge in [-0.15, -0.1) is 0 Å². The highest BCUT2D eigenvalue weighted by Crippen LogP contribution is 2.25. The summed E-state index contributed by atoms with van der Waals surface area (Å²) in [6, 6.07) is 12.9. The Balaban J connectivity index is 1.90. The Kier molecular flexibility index (Phi) is 6.76. The van der Waals surface area contributed by atoms with Gasteiger partial charge in [0.1, 0.15) is 0 Å². The van der Waals surface area contributed by atoms with Crippen molar-refractivity contribution < 1.29 is 4.79 Å². The van der Waals surface area contributed by atoms with E-state index in [-0.39, 0.29) is 12.5 Å². The summed E-state index contributed by atoms with van der Waals surface area (Å²) in [5.74, 6) is -0.142. The van der Waals surface area contributed by atoms with Crippen LogP contribution in [0.25, 0.3) is 0 Å². The third-order valence-electron chi connectivity index (χ3n) is 3.65. The van der Waals surface area contributed by atoms with Gasteiger partial charge in [0, 0.05) is 29.5 Å². The molecule has 2 N–H and O–H groups in total. The molecular weight excluding hydrogens is 345 g/mol. The highest BCUT2D eigenvalue weighted by Gasteiger charge is 2.06. The number of halogens is 2. The summed E-state index contributed by atoms with van der Waals surface area (Å²) >= 11 is 11.9. The van der Waals surface area contributed by atoms with Gasteiger partial charge in [0.05, 0.1) is 17.3 Å². The zero-order chi connectivity index (χ0) is 17.5. The van der Waals surface area contributed by atoms with Gasteiger partial charge in [0.25, 0.3) is 0 Å². The molecule has 0 heterocycles. The van der Waals surface area contributed by atoms with E-state index in [2.05, 4.69) is 29.4 Å². The number of nitrogens with one attached hydrogen (secondary N) is 2. The van der Waals surface area contributed by atoms with Gasteiger partial charge in [0.15, 0.2) is 0 Å². The second-order valence-corrected chi connectivity index (χ2v) is 6.09. The Morgan fingerprint density at radius 2 is 1.71 bits per heavy atom. The monoisotopic (exact) mass is 365 g/mol. The molecule has 0 spiro atoms. The zero-order valence-electron chi connectivity index (χ0n) is 13.8. The van der Waals surface area contributed by atoms with Crippen molar-refractivity contribution in [3.8, 4) is 0 Å². The van der Waals surface area contributed by atoms with Crippen molar-refractivity contribution in [3.63, 3.8) is 0 Å². The molecule has 0 aliphatic rings. The van der Waals surface area contributed by atoms with E-state index in [0.29, 0.717) is 15.7 Å². The molecule has 0 bridgehead atoms. The molecule has 24 heavy (non-hydrogen) atoms. The molecular formula is C18H21Cl2N3O. The number of nitrogens with zero attached hydrogens (tertiary/aromatic N) is 1. The maximum atomic E-state index is 12.0. The minimum absolute atomic E-state index is 0.124. The molecule has 0 radical (unpaired) electrons. The molecule has 4 nitrogen and oxygen atoms in total. The van der Waals surface area contributed by atoms with Gasteiger partial charge in [0.2, 0.25) is 5.91 Å². The number of carbonyl (C=O) groups excluding carboxylic acids is 1. The van der Waals surface area contributed by atoms with Crippen LogP contribution in [0, 0.1) is 0 Å². The fourth-order valence-electron chi connectivity index (χ4n) is 2.36. The van der Waals surface area contributed by atoms with Crippen molar-refractivity contribution in [3.05, 3.63) is 52.5 Å². The number of hydrogen-bond acceptors (Lipinski definition) is 3. The minimum atomic E-state index is -0.142. The summed E-state index contributed by atoms with van der Waals surface area (Å²) < 4.78 is 0. The topological polar surface area (TPSA) is 44.4 Å². The first-order chi connectivity index (χ1) is 11.5. The van der Waals surface area contributed by atoms with E-state index in [0.717, 1.165) is 24.5 Å². The molecule has 2 rings (SSSR count). The van der Waals surface area contributed by atoms with E-state index >= 15 is 0 Å². The van der Waals surface area contributed by atoms with Gasteiger partial charge >= 0.3 is 0 Å². The van der Waals surface area contributed by atoms with Gasteiger partial charge in [-0.3, -0.25) is 4.79 Å². The van der Waals surface area contributed by atoms with Crippen molar-refractivity contribution in [2.24, 2.45) is 0 Å². The Morgan fingerprint density at radius 1 is 1.04 bits per heavy atom. The van der Waals surface area contributed by atoms with Crippen LogP contribution in [0.1, 0.15) is 13.8 Å². The Bertz CT molecular complexity index is 685. The van der Waals surface area contributed by atoms with Crippen LogP contribution >= 0.6 is 23.2 Å². The van der Waals surface area contributed by atoms with Crippen LogP contribution in [0.4, 0.5) is 17.1 Å². The molecule has 0 aliphatic heterocycles. The SMILES string of the molecule is CCN(CC)c1ccc(NC(=O)CNc2ccc(Cl)cc2Cl)cc1. The van der Waals surface area contributed by atoms with Gasteiger partial charge in [-0.05, 0) is 56.3 Å². The normalized spacial score (nSPS) is 10.3. The van der Waals surface area contributed by atoms with E-state index in [9.17, 15) is 4.79 Å². The number of anilines is 3. The predicted molar refractivity (Wildman–Crippen MR) is 104 cm³/mol. The van der Waals surface area contributed by atoms with E-state index < -0.39 is 0 Å². The number of benzene rings is 2. The first-order valence-electron chi connectivity index (χ1n) is 7.87. The molecule has 2 aromatic rings. The molecule has 0 saturated carbocycles. The van der Waals surface area contributed by atoms with Crippen LogP contribution in [0.2, 0.25) is 10.0 Å². The summed E-state index contributed by atoms with van der Waals surface area (Å²) in [5, 5.41) is 6.90. The molecule has 128 valence electrons. The van der Waals surface area contributed by atoms with E-state index in [1.165, 1.54) is 0 Å². The summed E-state index contributed by atoms with van der Waals surface area (Å²) in [7, 11) is 0. The maximum absolute atomic E-state index is 12.0. The molecule has 2 aromatic carbocycles. The van der Waals surface area contributed by atoms with E-state index in [1.54, 1.807) is 18.2 Å². The van der Waals surface area contributed by atoms with Crippen LogP contribution in [0.3, 0.4) is 0 Å². The van der Waals surface area contributed by atoms with Gasteiger partial charge < -0.3 is 15.5 Å². The highest BCUT2D eigenvalue weighted by atomic mass is 35.5. The molecule has 0 fully saturated rings. The first kappa shape index (κ1) is 18.4. The van der Waals surface area contributed by atoms with Gasteiger partial charge in [-0.2, -0.15) is 0 Å². The average molecular weight is 366 g/mol. The summed E-state index contributed by atoms with van der Waals surface area (Å²) in [5.41, 5.74) is 2.58. The van der Waals surface area contributed by atoms with Crippen molar-refractivity contribution in [2.45, 2.75) is 13.8 Å². The Labute approximate surface area is 152 Å². The lowest BCUT2D eigenvalue weighted by Crippen LogP contribution is -2.23. The number of carbonyl (C=O) groups is 1. The zero-order valence-corrected chi connectivity index (χ0v) is 15.3. The molecule has 0 unspecified atom stereocenters. The average Bonchev–Trinajstić information content (AvgIpc) is 2.56. The number of rotatable bonds is 7. The minimum Gasteiger partial charge on any atom is -0.375 e. The second-order valence-electron chi connectivity index (χ2n) is 5.25. The van der Waals surface area contributed by atoms with Crippen LogP contribution in [-0.4, -0.2) is 25.5 Å². The Hall–Kier alpha value is -1.91. The van der Waals surface area contributed by atoms with E-state index in [4.69, 9.17) is 23.2 Å². The third-order valence-corrected chi connectivity index (χ3v) is 4.20.